The number of carbonyl (C=O) groups is 2. The number of carbonyl (C=O) groups excluding carboxylic acids is 1. The molecule has 0 saturated heterocycles. The number of fused-ring (bicyclic) bond motifs is 3. The van der Waals surface area contributed by atoms with Gasteiger partial charge in [-0.2, -0.15) is 0 Å². The minimum absolute atomic E-state index is 0.108. The van der Waals surface area contributed by atoms with E-state index in [2.05, 4.69) is 5.32 Å². The van der Waals surface area contributed by atoms with Gasteiger partial charge in [0.2, 0.25) is 0 Å². The van der Waals surface area contributed by atoms with Crippen molar-refractivity contribution in [3.63, 3.8) is 0 Å². The Morgan fingerprint density at radius 2 is 1.53 bits per heavy atom. The Morgan fingerprint density at radius 1 is 1.05 bits per heavy atom. The van der Waals surface area contributed by atoms with Crippen LogP contribution in [-0.4, -0.2) is 28.3 Å². The molecule has 0 aliphatic heterocycles. The lowest BCUT2D eigenvalue weighted by molar-refractivity contribution is -0.175. The van der Waals surface area contributed by atoms with E-state index in [0.29, 0.717) is 0 Å². The van der Waals surface area contributed by atoms with E-state index in [0.717, 1.165) is 38.5 Å². The van der Waals surface area contributed by atoms with Gasteiger partial charge in [-0.1, -0.05) is 0 Å². The second kappa shape index (κ2) is 4.39. The lowest BCUT2D eigenvalue weighted by atomic mass is 9.57. The maximum Gasteiger partial charge on any atom is 0.405 e. The second-order valence-corrected chi connectivity index (χ2v) is 6.99. The molecule has 3 rings (SSSR count). The van der Waals surface area contributed by atoms with Gasteiger partial charge in [-0.25, -0.2) is 4.79 Å². The van der Waals surface area contributed by atoms with Crippen molar-refractivity contribution in [2.24, 2.45) is 5.41 Å². The fourth-order valence-corrected chi connectivity index (χ4v) is 3.29. The van der Waals surface area contributed by atoms with Gasteiger partial charge in [0.15, 0.2) is 0 Å². The Balaban J connectivity index is 2.04. The zero-order chi connectivity index (χ0) is 14.3. The van der Waals surface area contributed by atoms with E-state index in [1.54, 1.807) is 0 Å². The van der Waals surface area contributed by atoms with Crippen LogP contribution in [-0.2, 0) is 9.53 Å². The molecular formula is C14H23NO4. The Kier molecular flexibility index (Phi) is 3.27. The van der Waals surface area contributed by atoms with Crippen LogP contribution in [0, 0.1) is 5.41 Å². The average Bonchev–Trinajstić information content (AvgIpc) is 2.27. The number of ether oxygens (including phenoxy) is 1. The quantitative estimate of drug-likeness (QED) is 0.756. The first-order valence-corrected chi connectivity index (χ1v) is 6.91. The molecule has 0 atom stereocenters. The van der Waals surface area contributed by atoms with Gasteiger partial charge in [-0.3, -0.25) is 4.79 Å². The zero-order valence-electron chi connectivity index (χ0n) is 11.9. The van der Waals surface area contributed by atoms with E-state index in [4.69, 9.17) is 9.84 Å². The number of hydrogen-bond donors (Lipinski definition) is 2. The third kappa shape index (κ3) is 2.85. The molecule has 19 heavy (non-hydrogen) atoms. The minimum atomic E-state index is -0.966. The summed E-state index contributed by atoms with van der Waals surface area (Å²) in [5, 5.41) is 11.6. The smallest absolute Gasteiger partial charge is 0.405 e. The second-order valence-electron chi connectivity index (χ2n) is 6.99. The lowest BCUT2D eigenvalue weighted by Crippen LogP contribution is -2.58. The highest BCUT2D eigenvalue weighted by molar-refractivity contribution is 5.78. The molecule has 0 aromatic rings. The summed E-state index contributed by atoms with van der Waals surface area (Å²) in [6.07, 6.45) is 3.41. The van der Waals surface area contributed by atoms with Gasteiger partial charge in [-0.15, -0.1) is 0 Å². The van der Waals surface area contributed by atoms with E-state index < -0.39 is 11.7 Å². The maximum atomic E-state index is 12.4. The average molecular weight is 269 g/mol. The first kappa shape index (κ1) is 14.2. The van der Waals surface area contributed by atoms with Crippen LogP contribution in [0.3, 0.4) is 0 Å². The van der Waals surface area contributed by atoms with Gasteiger partial charge < -0.3 is 15.2 Å². The van der Waals surface area contributed by atoms with E-state index in [1.807, 2.05) is 20.8 Å². The third-order valence-electron chi connectivity index (χ3n) is 4.45. The van der Waals surface area contributed by atoms with Crippen LogP contribution in [0.2, 0.25) is 0 Å². The van der Waals surface area contributed by atoms with Crippen molar-refractivity contribution in [2.45, 2.75) is 70.4 Å². The van der Waals surface area contributed by atoms with Crippen LogP contribution in [0.25, 0.3) is 0 Å². The molecular weight excluding hydrogens is 246 g/mol. The number of amides is 1. The molecule has 0 heterocycles. The summed E-state index contributed by atoms with van der Waals surface area (Å²) in [5.41, 5.74) is -1.15. The Labute approximate surface area is 113 Å². The van der Waals surface area contributed by atoms with Crippen LogP contribution in [0.1, 0.15) is 59.3 Å². The molecule has 0 aromatic carbocycles. The fourth-order valence-electron chi connectivity index (χ4n) is 3.29. The van der Waals surface area contributed by atoms with Crippen molar-refractivity contribution in [3.8, 4) is 0 Å². The highest BCUT2D eigenvalue weighted by Crippen LogP contribution is 2.53. The molecule has 108 valence electrons. The summed E-state index contributed by atoms with van der Waals surface area (Å²) in [4.78, 5) is 23.2. The van der Waals surface area contributed by atoms with Gasteiger partial charge in [0.25, 0.3) is 0 Å². The summed E-state index contributed by atoms with van der Waals surface area (Å²) in [6, 6.07) is 0. The Morgan fingerprint density at radius 3 is 1.89 bits per heavy atom. The molecule has 0 unspecified atom stereocenters. The van der Waals surface area contributed by atoms with Crippen molar-refractivity contribution in [1.29, 1.82) is 0 Å². The molecule has 3 fully saturated rings. The van der Waals surface area contributed by atoms with Crippen molar-refractivity contribution < 1.29 is 19.4 Å². The van der Waals surface area contributed by atoms with Crippen LogP contribution in [0.5, 0.6) is 0 Å². The molecule has 2 N–H and O–H groups in total. The first-order chi connectivity index (χ1) is 8.67. The highest BCUT2D eigenvalue weighted by Gasteiger charge is 2.54. The molecule has 5 heteroatoms. The summed E-state index contributed by atoms with van der Waals surface area (Å²) >= 11 is 0. The van der Waals surface area contributed by atoms with Crippen LogP contribution < -0.4 is 5.32 Å². The monoisotopic (exact) mass is 269 g/mol. The third-order valence-corrected chi connectivity index (χ3v) is 4.45. The van der Waals surface area contributed by atoms with Crippen molar-refractivity contribution in [1.82, 2.24) is 5.32 Å². The number of rotatable bonds is 2. The van der Waals surface area contributed by atoms with E-state index in [-0.39, 0.29) is 16.9 Å². The standard InChI is InChI=1S/C14H23NO4/c1-12(2,3)19-10(16)13-4-7-14(8-5-13,9-6-13)15-11(17)18/h15H,4-9H2,1-3H3,(H,17,18). The van der Waals surface area contributed by atoms with Crippen molar-refractivity contribution >= 4 is 12.1 Å². The summed E-state index contributed by atoms with van der Waals surface area (Å²) in [7, 11) is 0. The topological polar surface area (TPSA) is 75.6 Å². The van der Waals surface area contributed by atoms with Gasteiger partial charge in [0.1, 0.15) is 5.60 Å². The minimum Gasteiger partial charge on any atom is -0.465 e. The van der Waals surface area contributed by atoms with Crippen molar-refractivity contribution in [3.05, 3.63) is 0 Å². The number of nitrogens with one attached hydrogen (secondary N) is 1. The van der Waals surface area contributed by atoms with Crippen LogP contribution in [0.15, 0.2) is 0 Å². The van der Waals surface area contributed by atoms with Gasteiger partial charge in [0, 0.05) is 5.54 Å². The van der Waals surface area contributed by atoms with Crippen molar-refractivity contribution in [2.75, 3.05) is 0 Å². The van der Waals surface area contributed by atoms with Gasteiger partial charge in [0.05, 0.1) is 5.41 Å². The first-order valence-electron chi connectivity index (χ1n) is 6.91. The fraction of sp³-hybridized carbons (Fsp3) is 0.857. The number of esters is 1. The molecule has 5 nitrogen and oxygen atoms in total. The van der Waals surface area contributed by atoms with Crippen LogP contribution >= 0.6 is 0 Å². The van der Waals surface area contributed by atoms with E-state index in [1.165, 1.54) is 0 Å². The van der Waals surface area contributed by atoms with E-state index in [9.17, 15) is 9.59 Å². The summed E-state index contributed by atoms with van der Waals surface area (Å²) < 4.78 is 5.53. The zero-order valence-corrected chi connectivity index (χ0v) is 11.9. The highest BCUT2D eigenvalue weighted by atomic mass is 16.6. The molecule has 2 bridgehead atoms. The molecule has 3 saturated carbocycles. The largest absolute Gasteiger partial charge is 0.465 e. The summed E-state index contributed by atoms with van der Waals surface area (Å²) in [6.45, 7) is 5.64. The normalized spacial score (nSPS) is 33.8. The number of hydrogen-bond acceptors (Lipinski definition) is 3. The lowest BCUT2D eigenvalue weighted by Gasteiger charge is -2.52. The number of carboxylic acid groups (broad SMARTS) is 1. The summed E-state index contributed by atoms with van der Waals surface area (Å²) in [5.74, 6) is -0.108. The predicted molar refractivity (Wildman–Crippen MR) is 69.9 cm³/mol. The molecule has 0 aromatic heterocycles. The molecule has 0 spiro atoms. The maximum absolute atomic E-state index is 12.4. The Bertz CT molecular complexity index is 372. The molecule has 0 radical (unpaired) electrons. The van der Waals surface area contributed by atoms with Crippen LogP contribution in [0.4, 0.5) is 4.79 Å². The van der Waals surface area contributed by atoms with Gasteiger partial charge in [-0.05, 0) is 59.3 Å². The molecule has 3 aliphatic rings. The van der Waals surface area contributed by atoms with Gasteiger partial charge >= 0.3 is 12.1 Å². The Hall–Kier alpha value is -1.26. The predicted octanol–water partition coefficient (Wildman–Crippen LogP) is 2.69. The molecule has 3 aliphatic carbocycles. The van der Waals surface area contributed by atoms with E-state index >= 15 is 0 Å². The SMILES string of the molecule is CC(C)(C)OC(=O)C12CCC(NC(=O)O)(CC1)CC2. The molecule has 1 amide bonds.